The summed E-state index contributed by atoms with van der Waals surface area (Å²) >= 11 is 0. The van der Waals surface area contributed by atoms with Crippen LogP contribution in [0.5, 0.6) is 0 Å². The number of nitrogens with zero attached hydrogens (tertiary/aromatic N) is 1. The van der Waals surface area contributed by atoms with Gasteiger partial charge < -0.3 is 15.4 Å². The van der Waals surface area contributed by atoms with Crippen molar-refractivity contribution in [2.45, 2.75) is 13.0 Å². The number of benzene rings is 2. The first-order valence-electron chi connectivity index (χ1n) is 7.30. The number of nitrogens with two attached hydrogens (primary N) is 1. The summed E-state index contributed by atoms with van der Waals surface area (Å²) in [6, 6.07) is 16.6. The summed E-state index contributed by atoms with van der Waals surface area (Å²) in [4.78, 5) is 11.6. The van der Waals surface area contributed by atoms with E-state index in [1.54, 1.807) is 0 Å². The number of aldehydes is 1. The number of hydrogen-bond acceptors (Lipinski definition) is 3. The first-order chi connectivity index (χ1) is 10.8. The fraction of sp³-hybridized carbons (Fsp3) is 0.211. The van der Waals surface area contributed by atoms with Crippen LogP contribution >= 0.6 is 0 Å². The van der Waals surface area contributed by atoms with Crippen LogP contribution in [0.25, 0.3) is 0 Å². The quantitative estimate of drug-likeness (QED) is 0.683. The van der Waals surface area contributed by atoms with E-state index in [0.717, 1.165) is 24.0 Å². The minimum atomic E-state index is 0.476. The second-order valence-electron chi connectivity index (χ2n) is 5.02. The molecule has 0 saturated heterocycles. The maximum absolute atomic E-state index is 9.32. The molecule has 112 valence electrons. The van der Waals surface area contributed by atoms with Crippen molar-refractivity contribution < 1.29 is 4.79 Å². The van der Waals surface area contributed by atoms with Crippen LogP contribution in [0.3, 0.4) is 0 Å². The monoisotopic (exact) mass is 292 g/mol. The van der Waals surface area contributed by atoms with Gasteiger partial charge in [-0.15, -0.1) is 0 Å². The van der Waals surface area contributed by atoms with E-state index in [2.05, 4.69) is 60.2 Å². The number of anilines is 1. The molecule has 1 aliphatic rings. The summed E-state index contributed by atoms with van der Waals surface area (Å²) in [6.07, 6.45) is 1.29. The third-order valence-corrected chi connectivity index (χ3v) is 3.36. The average Bonchev–Trinajstić information content (AvgIpc) is 2.54. The van der Waals surface area contributed by atoms with E-state index in [1.165, 1.54) is 11.3 Å². The van der Waals surface area contributed by atoms with Crippen molar-refractivity contribution >= 4 is 12.0 Å². The first-order valence-corrected chi connectivity index (χ1v) is 7.30. The largest absolute Gasteiger partial charge is 0.369 e. The zero-order chi connectivity index (χ0) is 15.8. The van der Waals surface area contributed by atoms with Gasteiger partial charge in [0.2, 0.25) is 0 Å². The Labute approximate surface area is 131 Å². The Morgan fingerprint density at radius 2 is 1.73 bits per heavy atom. The highest BCUT2D eigenvalue weighted by Gasteiger charge is 2.10. The van der Waals surface area contributed by atoms with Crippen molar-refractivity contribution in [1.29, 1.82) is 0 Å². The minimum Gasteiger partial charge on any atom is -0.369 e. The zero-order valence-corrected chi connectivity index (χ0v) is 12.8. The van der Waals surface area contributed by atoms with Crippen molar-refractivity contribution in [3.05, 3.63) is 65.2 Å². The standard InChI is InChI=1S/C16H13N.C3H7NO/c1-17-12-15-8-3-2-6-13(15)10-11-14-7-4-5-9-16(14)17;4-2-1-3-5/h2-9H,12H2,1H3;3H,1-2,4H2. The lowest BCUT2D eigenvalue weighted by molar-refractivity contribution is -0.107. The molecule has 0 radical (unpaired) electrons. The normalized spacial score (nSPS) is 11.5. The second-order valence-corrected chi connectivity index (χ2v) is 5.02. The van der Waals surface area contributed by atoms with Gasteiger partial charge in [-0.25, -0.2) is 0 Å². The summed E-state index contributed by atoms with van der Waals surface area (Å²) in [7, 11) is 2.11. The number of rotatable bonds is 2. The molecule has 0 saturated carbocycles. The third-order valence-electron chi connectivity index (χ3n) is 3.36. The summed E-state index contributed by atoms with van der Waals surface area (Å²) in [5.74, 6) is 6.53. The Morgan fingerprint density at radius 3 is 2.41 bits per heavy atom. The highest BCUT2D eigenvalue weighted by molar-refractivity contribution is 5.63. The van der Waals surface area contributed by atoms with E-state index in [1.807, 2.05) is 12.1 Å². The Morgan fingerprint density at radius 1 is 1.09 bits per heavy atom. The smallest absolute Gasteiger partial charge is 0.121 e. The van der Waals surface area contributed by atoms with E-state index in [9.17, 15) is 4.79 Å². The van der Waals surface area contributed by atoms with Crippen LogP contribution in [-0.4, -0.2) is 19.9 Å². The molecule has 0 fully saturated rings. The molecule has 2 aromatic carbocycles. The molecular formula is C19H20N2O. The molecule has 1 aliphatic heterocycles. The maximum atomic E-state index is 9.32. The van der Waals surface area contributed by atoms with Crippen LogP contribution in [0.1, 0.15) is 23.1 Å². The molecule has 0 aromatic heterocycles. The molecule has 2 aromatic rings. The van der Waals surface area contributed by atoms with Gasteiger partial charge in [-0.3, -0.25) is 0 Å². The van der Waals surface area contributed by atoms with Crippen LogP contribution in [0.15, 0.2) is 48.5 Å². The molecule has 3 heteroatoms. The molecule has 3 rings (SSSR count). The highest BCUT2D eigenvalue weighted by Crippen LogP contribution is 2.23. The predicted octanol–water partition coefficient (Wildman–Crippen LogP) is 2.57. The lowest BCUT2D eigenvalue weighted by atomic mass is 10.0. The Kier molecular flexibility index (Phi) is 5.76. The van der Waals surface area contributed by atoms with Gasteiger partial charge in [0.15, 0.2) is 0 Å². The average molecular weight is 292 g/mol. The molecule has 0 atom stereocenters. The van der Waals surface area contributed by atoms with Crippen molar-refractivity contribution in [3.63, 3.8) is 0 Å². The van der Waals surface area contributed by atoms with Crippen LogP contribution in [0, 0.1) is 11.8 Å². The van der Waals surface area contributed by atoms with E-state index in [-0.39, 0.29) is 0 Å². The van der Waals surface area contributed by atoms with Gasteiger partial charge in [-0.1, -0.05) is 42.2 Å². The van der Waals surface area contributed by atoms with Crippen molar-refractivity contribution in [3.8, 4) is 11.8 Å². The van der Waals surface area contributed by atoms with Gasteiger partial charge in [0.05, 0.1) is 5.69 Å². The van der Waals surface area contributed by atoms with E-state index < -0.39 is 0 Å². The number of fused-ring (bicyclic) bond motifs is 2. The highest BCUT2D eigenvalue weighted by atomic mass is 16.1. The molecule has 22 heavy (non-hydrogen) atoms. The molecule has 0 spiro atoms. The molecule has 0 amide bonds. The van der Waals surface area contributed by atoms with Crippen LogP contribution < -0.4 is 10.6 Å². The van der Waals surface area contributed by atoms with Crippen molar-refractivity contribution in [2.75, 3.05) is 18.5 Å². The molecular weight excluding hydrogens is 272 g/mol. The van der Waals surface area contributed by atoms with E-state index in [0.29, 0.717) is 13.0 Å². The Balaban J connectivity index is 0.000000309. The number of para-hydroxylation sites is 1. The van der Waals surface area contributed by atoms with Crippen molar-refractivity contribution in [1.82, 2.24) is 0 Å². The van der Waals surface area contributed by atoms with Crippen molar-refractivity contribution in [2.24, 2.45) is 5.73 Å². The fourth-order valence-electron chi connectivity index (χ4n) is 2.24. The molecule has 2 N–H and O–H groups in total. The Bertz CT molecular complexity index is 698. The summed E-state index contributed by atoms with van der Waals surface area (Å²) in [5, 5.41) is 0. The van der Waals surface area contributed by atoms with Gasteiger partial charge in [0.1, 0.15) is 6.29 Å². The summed E-state index contributed by atoms with van der Waals surface area (Å²) in [6.45, 7) is 1.38. The maximum Gasteiger partial charge on any atom is 0.121 e. The summed E-state index contributed by atoms with van der Waals surface area (Å²) < 4.78 is 0. The second kappa shape index (κ2) is 8.02. The van der Waals surface area contributed by atoms with E-state index in [4.69, 9.17) is 5.73 Å². The molecule has 0 bridgehead atoms. The number of hydrogen-bond donors (Lipinski definition) is 1. The van der Waals surface area contributed by atoms with Crippen LogP contribution in [0.4, 0.5) is 5.69 Å². The lowest BCUT2D eigenvalue weighted by Crippen LogP contribution is -2.19. The number of carbonyl (C=O) groups is 1. The lowest BCUT2D eigenvalue weighted by Gasteiger charge is -2.22. The van der Waals surface area contributed by atoms with Gasteiger partial charge >= 0.3 is 0 Å². The molecule has 0 aliphatic carbocycles. The van der Waals surface area contributed by atoms with Crippen LogP contribution in [-0.2, 0) is 11.3 Å². The summed E-state index contributed by atoms with van der Waals surface area (Å²) in [5.41, 5.74) is 9.63. The van der Waals surface area contributed by atoms with Crippen LogP contribution in [0.2, 0.25) is 0 Å². The van der Waals surface area contributed by atoms with E-state index >= 15 is 0 Å². The zero-order valence-electron chi connectivity index (χ0n) is 12.8. The molecule has 0 unspecified atom stereocenters. The Hall–Kier alpha value is -2.57. The molecule has 3 nitrogen and oxygen atoms in total. The first kappa shape index (κ1) is 15.8. The SMILES string of the molecule is CN1Cc2ccccc2C#Cc2ccccc21.NCCC=O. The predicted molar refractivity (Wildman–Crippen MR) is 90.7 cm³/mol. The van der Waals surface area contributed by atoms with Gasteiger partial charge in [0, 0.05) is 31.1 Å². The van der Waals surface area contributed by atoms with Gasteiger partial charge in [-0.05, 0) is 30.3 Å². The number of carbonyl (C=O) groups excluding carboxylic acids is 1. The van der Waals surface area contributed by atoms with Gasteiger partial charge in [-0.2, -0.15) is 0 Å². The van der Waals surface area contributed by atoms with Gasteiger partial charge in [0.25, 0.3) is 0 Å². The molecule has 1 heterocycles. The fourth-order valence-corrected chi connectivity index (χ4v) is 2.24. The third kappa shape index (κ3) is 3.97. The minimum absolute atomic E-state index is 0.476. The topological polar surface area (TPSA) is 46.3 Å².